The molecule has 0 saturated heterocycles. The van der Waals surface area contributed by atoms with E-state index in [0.29, 0.717) is 35.1 Å². The number of hydrogen-bond acceptors (Lipinski definition) is 3. The molecule has 2 aromatic carbocycles. The normalized spacial score (nSPS) is 14.9. The lowest BCUT2D eigenvalue weighted by Crippen LogP contribution is -2.51. The summed E-state index contributed by atoms with van der Waals surface area (Å²) in [4.78, 5) is 28.4. The molecule has 2 amide bonds. The summed E-state index contributed by atoms with van der Waals surface area (Å²) >= 11 is 12.8. The minimum atomic E-state index is -0.588. The highest BCUT2D eigenvalue weighted by atomic mass is 35.5. The van der Waals surface area contributed by atoms with E-state index in [-0.39, 0.29) is 30.8 Å². The highest BCUT2D eigenvalue weighted by Gasteiger charge is 2.31. The summed E-state index contributed by atoms with van der Waals surface area (Å²) in [5.74, 6) is 0.562. The Morgan fingerprint density at radius 1 is 1.06 bits per heavy atom. The molecule has 0 aromatic heterocycles. The molecule has 5 nitrogen and oxygen atoms in total. The van der Waals surface area contributed by atoms with Crippen LogP contribution in [0.25, 0.3) is 0 Å². The zero-order valence-corrected chi connectivity index (χ0v) is 22.2. The van der Waals surface area contributed by atoms with Gasteiger partial charge in [-0.3, -0.25) is 9.59 Å². The lowest BCUT2D eigenvalue weighted by atomic mass is 9.95. The zero-order chi connectivity index (χ0) is 25.2. The number of aryl methyl sites for hydroxylation is 1. The smallest absolute Gasteiger partial charge is 0.243 e. The van der Waals surface area contributed by atoms with E-state index in [9.17, 15) is 9.59 Å². The third-order valence-electron chi connectivity index (χ3n) is 6.55. The summed E-state index contributed by atoms with van der Waals surface area (Å²) in [6.45, 7) is 4.56. The highest BCUT2D eigenvalue weighted by Crippen LogP contribution is 2.28. The van der Waals surface area contributed by atoms with Crippen LogP contribution in [0.5, 0.6) is 5.75 Å². The van der Waals surface area contributed by atoms with E-state index in [0.717, 1.165) is 31.4 Å². The van der Waals surface area contributed by atoms with Gasteiger partial charge in [0.05, 0.1) is 6.61 Å². The van der Waals surface area contributed by atoms with Gasteiger partial charge in [0.25, 0.3) is 0 Å². The molecule has 1 N–H and O–H groups in total. The third kappa shape index (κ3) is 8.15. The number of nitrogens with zero attached hydrogens (tertiary/aromatic N) is 1. The molecule has 190 valence electrons. The minimum absolute atomic E-state index is 0.105. The van der Waals surface area contributed by atoms with Gasteiger partial charge < -0.3 is 15.0 Å². The molecule has 3 rings (SSSR count). The average molecular weight is 520 g/mol. The topological polar surface area (TPSA) is 58.6 Å². The van der Waals surface area contributed by atoms with E-state index in [4.69, 9.17) is 27.9 Å². The Balaban J connectivity index is 1.69. The predicted octanol–water partition coefficient (Wildman–Crippen LogP) is 6.72. The van der Waals surface area contributed by atoms with E-state index < -0.39 is 6.04 Å². The molecule has 1 atom stereocenters. The number of rotatable bonds is 11. The van der Waals surface area contributed by atoms with E-state index >= 15 is 0 Å². The molecule has 1 aliphatic rings. The van der Waals surface area contributed by atoms with Crippen molar-refractivity contribution in [2.45, 2.75) is 83.8 Å². The fraction of sp³-hybridized carbons (Fsp3) is 0.500. The van der Waals surface area contributed by atoms with Gasteiger partial charge in [-0.2, -0.15) is 0 Å². The zero-order valence-electron chi connectivity index (χ0n) is 20.7. The molecule has 1 saturated carbocycles. The van der Waals surface area contributed by atoms with Crippen molar-refractivity contribution in [3.05, 3.63) is 63.6 Å². The minimum Gasteiger partial charge on any atom is -0.494 e. The molecular weight excluding hydrogens is 483 g/mol. The molecule has 0 bridgehead atoms. The highest BCUT2D eigenvalue weighted by molar-refractivity contribution is 6.36. The Bertz CT molecular complexity index is 954. The Labute approximate surface area is 219 Å². The van der Waals surface area contributed by atoms with Crippen LogP contribution >= 0.6 is 23.2 Å². The standard InChI is InChI=1S/C28H36Cl2N2O3/c1-3-26(28(34)31-21-9-5-4-6-10-21)32(19-23-24(29)11-7-12-25(23)30)27(33)13-8-18-35-22-16-14-20(2)15-17-22/h7,11-12,14-17,21,26H,3-6,8-10,13,18-19H2,1-2H3,(H,31,34). The van der Waals surface area contributed by atoms with Crippen LogP contribution in [0.4, 0.5) is 0 Å². The molecule has 0 heterocycles. The molecule has 0 aliphatic heterocycles. The Hall–Kier alpha value is -2.24. The van der Waals surface area contributed by atoms with Crippen LogP contribution < -0.4 is 10.1 Å². The summed E-state index contributed by atoms with van der Waals surface area (Å²) < 4.78 is 5.79. The van der Waals surface area contributed by atoms with Gasteiger partial charge in [0.15, 0.2) is 0 Å². The first-order chi connectivity index (χ1) is 16.9. The average Bonchev–Trinajstić information content (AvgIpc) is 2.85. The largest absolute Gasteiger partial charge is 0.494 e. The number of ether oxygens (including phenoxy) is 1. The molecular formula is C28H36Cl2N2O3. The first-order valence-corrected chi connectivity index (χ1v) is 13.4. The monoisotopic (exact) mass is 518 g/mol. The molecule has 35 heavy (non-hydrogen) atoms. The van der Waals surface area contributed by atoms with Crippen molar-refractivity contribution in [3.8, 4) is 5.75 Å². The SMILES string of the molecule is CCC(C(=O)NC1CCCCC1)N(Cc1c(Cl)cccc1Cl)C(=O)CCCOc1ccc(C)cc1. The van der Waals surface area contributed by atoms with Crippen molar-refractivity contribution in [1.82, 2.24) is 10.2 Å². The van der Waals surface area contributed by atoms with Gasteiger partial charge >= 0.3 is 0 Å². The second kappa shape index (κ2) is 13.7. The van der Waals surface area contributed by atoms with Gasteiger partial charge in [-0.25, -0.2) is 0 Å². The summed E-state index contributed by atoms with van der Waals surface area (Å²) in [6.07, 6.45) is 6.75. The van der Waals surface area contributed by atoms with Crippen LogP contribution in [0.15, 0.2) is 42.5 Å². The van der Waals surface area contributed by atoms with Crippen LogP contribution in [-0.4, -0.2) is 35.4 Å². The van der Waals surface area contributed by atoms with Crippen molar-refractivity contribution in [3.63, 3.8) is 0 Å². The number of benzene rings is 2. The van der Waals surface area contributed by atoms with Gasteiger partial charge in [0, 0.05) is 34.6 Å². The quantitative estimate of drug-likeness (QED) is 0.336. The van der Waals surface area contributed by atoms with Crippen molar-refractivity contribution >= 4 is 35.0 Å². The van der Waals surface area contributed by atoms with Crippen LogP contribution in [0, 0.1) is 6.92 Å². The summed E-state index contributed by atoms with van der Waals surface area (Å²) in [5.41, 5.74) is 1.82. The van der Waals surface area contributed by atoms with E-state index in [1.54, 1.807) is 23.1 Å². The van der Waals surface area contributed by atoms with Gasteiger partial charge in [-0.1, -0.05) is 73.2 Å². The van der Waals surface area contributed by atoms with Crippen LogP contribution in [0.1, 0.15) is 69.4 Å². The summed E-state index contributed by atoms with van der Waals surface area (Å²) in [5, 5.41) is 4.16. The maximum atomic E-state index is 13.4. The maximum Gasteiger partial charge on any atom is 0.243 e. The molecule has 1 fully saturated rings. The second-order valence-corrected chi connectivity index (χ2v) is 10.1. The molecule has 0 spiro atoms. The number of hydrogen-bond donors (Lipinski definition) is 1. The van der Waals surface area contributed by atoms with Gasteiger partial charge in [-0.15, -0.1) is 0 Å². The van der Waals surface area contributed by atoms with Crippen molar-refractivity contribution in [2.24, 2.45) is 0 Å². The van der Waals surface area contributed by atoms with Gasteiger partial charge in [-0.05, 0) is 56.9 Å². The Morgan fingerprint density at radius 2 is 1.71 bits per heavy atom. The van der Waals surface area contributed by atoms with Crippen LogP contribution in [0.3, 0.4) is 0 Å². The van der Waals surface area contributed by atoms with E-state index in [1.807, 2.05) is 38.1 Å². The fourth-order valence-electron chi connectivity index (χ4n) is 4.51. The maximum absolute atomic E-state index is 13.4. The Kier molecular flexibility index (Phi) is 10.7. The van der Waals surface area contributed by atoms with Crippen molar-refractivity contribution < 1.29 is 14.3 Å². The molecule has 1 unspecified atom stereocenters. The van der Waals surface area contributed by atoms with Gasteiger partial charge in [0.1, 0.15) is 11.8 Å². The number of carbonyl (C=O) groups is 2. The molecule has 1 aliphatic carbocycles. The molecule has 0 radical (unpaired) electrons. The lowest BCUT2D eigenvalue weighted by molar-refractivity contribution is -0.142. The molecule has 7 heteroatoms. The van der Waals surface area contributed by atoms with Gasteiger partial charge in [0.2, 0.25) is 11.8 Å². The number of nitrogens with one attached hydrogen (secondary N) is 1. The molecule has 2 aromatic rings. The van der Waals surface area contributed by atoms with Crippen molar-refractivity contribution in [2.75, 3.05) is 6.61 Å². The van der Waals surface area contributed by atoms with Crippen molar-refractivity contribution in [1.29, 1.82) is 0 Å². The summed E-state index contributed by atoms with van der Waals surface area (Å²) in [7, 11) is 0. The first kappa shape index (κ1) is 27.3. The van der Waals surface area contributed by atoms with E-state index in [1.165, 1.54) is 12.0 Å². The number of halogens is 2. The number of carbonyl (C=O) groups excluding carboxylic acids is 2. The van der Waals surface area contributed by atoms with E-state index in [2.05, 4.69) is 5.32 Å². The number of amides is 2. The first-order valence-electron chi connectivity index (χ1n) is 12.6. The second-order valence-electron chi connectivity index (χ2n) is 9.25. The lowest BCUT2D eigenvalue weighted by Gasteiger charge is -2.33. The third-order valence-corrected chi connectivity index (χ3v) is 7.26. The van der Waals surface area contributed by atoms with Crippen LogP contribution in [0.2, 0.25) is 10.0 Å². The fourth-order valence-corrected chi connectivity index (χ4v) is 5.03. The summed E-state index contributed by atoms with van der Waals surface area (Å²) in [6, 6.07) is 12.7. The Morgan fingerprint density at radius 3 is 2.34 bits per heavy atom. The predicted molar refractivity (Wildman–Crippen MR) is 142 cm³/mol. The van der Waals surface area contributed by atoms with Crippen LogP contribution in [-0.2, 0) is 16.1 Å².